The lowest BCUT2D eigenvalue weighted by molar-refractivity contribution is -0.113. The number of anilines is 2. The summed E-state index contributed by atoms with van der Waals surface area (Å²) in [7, 11) is -3.30. The van der Waals surface area contributed by atoms with Crippen LogP contribution in [0.3, 0.4) is 0 Å². The van der Waals surface area contributed by atoms with Crippen molar-refractivity contribution in [3.63, 3.8) is 0 Å². The number of sulfone groups is 1. The molecule has 164 valence electrons. The molecule has 2 heterocycles. The summed E-state index contributed by atoms with van der Waals surface area (Å²) in [5.74, 6) is -2.08. The number of thioether (sulfide) groups is 1. The van der Waals surface area contributed by atoms with Gasteiger partial charge in [0.05, 0.1) is 35.0 Å². The number of nitrogens with one attached hydrogen (secondary N) is 1. The Morgan fingerprint density at radius 1 is 1.19 bits per heavy atom. The average molecular weight is 466 g/mol. The summed E-state index contributed by atoms with van der Waals surface area (Å²) >= 11 is 1.10. The summed E-state index contributed by atoms with van der Waals surface area (Å²) in [5, 5.41) is 3.20. The van der Waals surface area contributed by atoms with Gasteiger partial charge in [-0.25, -0.2) is 17.2 Å². The number of amides is 1. The topological polar surface area (TPSA) is 78.8 Å². The molecule has 2 aromatic carbocycles. The normalized spacial score (nSPS) is 21.7. The van der Waals surface area contributed by atoms with Gasteiger partial charge in [-0.2, -0.15) is 0 Å². The molecule has 0 unspecified atom stereocenters. The second-order valence-electron chi connectivity index (χ2n) is 7.74. The summed E-state index contributed by atoms with van der Waals surface area (Å²) in [6, 6.07) is 7.71. The van der Waals surface area contributed by atoms with Gasteiger partial charge < -0.3 is 10.2 Å². The molecule has 31 heavy (non-hydrogen) atoms. The standard InChI is InChI=1S/C21H21F2N3O3S2/c1-12-3-5-16(13(2)7-12)24-20(27)9-30-21-25-17-10-31(28,29)11-19(17)26(21)18-6-4-14(22)8-15(18)23/h3-8,17,19H,9-11H2,1-2H3,(H,24,27)/t17-,19+/m0/s1. The zero-order valence-corrected chi connectivity index (χ0v) is 18.6. The van der Waals surface area contributed by atoms with Gasteiger partial charge in [-0.3, -0.25) is 9.79 Å². The number of carbonyl (C=O) groups is 1. The van der Waals surface area contributed by atoms with E-state index in [0.29, 0.717) is 10.9 Å². The van der Waals surface area contributed by atoms with Crippen molar-refractivity contribution in [2.24, 2.45) is 4.99 Å². The third-order valence-electron chi connectivity index (χ3n) is 5.27. The van der Waals surface area contributed by atoms with Crippen molar-refractivity contribution in [1.29, 1.82) is 0 Å². The van der Waals surface area contributed by atoms with E-state index in [1.165, 1.54) is 11.0 Å². The van der Waals surface area contributed by atoms with Gasteiger partial charge in [0, 0.05) is 11.8 Å². The van der Waals surface area contributed by atoms with Crippen molar-refractivity contribution >= 4 is 44.0 Å². The van der Waals surface area contributed by atoms with Crippen LogP contribution in [0.1, 0.15) is 11.1 Å². The van der Waals surface area contributed by atoms with Gasteiger partial charge in [0.25, 0.3) is 0 Å². The fourth-order valence-corrected chi connectivity index (χ4v) is 6.62. The van der Waals surface area contributed by atoms with Crippen molar-refractivity contribution in [3.05, 3.63) is 59.2 Å². The summed E-state index contributed by atoms with van der Waals surface area (Å²) in [6.45, 7) is 3.87. The Morgan fingerprint density at radius 2 is 1.97 bits per heavy atom. The maximum atomic E-state index is 14.5. The highest BCUT2D eigenvalue weighted by Crippen LogP contribution is 2.36. The number of aliphatic imine (C=N–C) groups is 1. The van der Waals surface area contributed by atoms with Gasteiger partial charge >= 0.3 is 0 Å². The van der Waals surface area contributed by atoms with Crippen molar-refractivity contribution in [3.8, 4) is 0 Å². The molecule has 1 saturated heterocycles. The molecule has 4 rings (SSSR count). The molecule has 2 aliphatic rings. The summed E-state index contributed by atoms with van der Waals surface area (Å²) in [5.41, 5.74) is 2.77. The van der Waals surface area contributed by atoms with Crippen molar-refractivity contribution in [2.45, 2.75) is 25.9 Å². The second-order valence-corrected chi connectivity index (χ2v) is 10.8. The van der Waals surface area contributed by atoms with Crippen molar-refractivity contribution in [1.82, 2.24) is 0 Å². The lowest BCUT2D eigenvalue weighted by Gasteiger charge is -2.26. The number of hydrogen-bond donors (Lipinski definition) is 1. The van der Waals surface area contributed by atoms with Crippen LogP contribution >= 0.6 is 11.8 Å². The maximum Gasteiger partial charge on any atom is 0.234 e. The van der Waals surface area contributed by atoms with E-state index in [1.54, 1.807) is 0 Å². The number of nitrogens with zero attached hydrogens (tertiary/aromatic N) is 2. The van der Waals surface area contributed by atoms with Gasteiger partial charge in [-0.15, -0.1) is 0 Å². The monoisotopic (exact) mass is 465 g/mol. The third kappa shape index (κ3) is 4.59. The lowest BCUT2D eigenvalue weighted by Crippen LogP contribution is -2.40. The molecule has 1 amide bonds. The van der Waals surface area contributed by atoms with Crippen LogP contribution < -0.4 is 10.2 Å². The highest BCUT2D eigenvalue weighted by molar-refractivity contribution is 8.14. The lowest BCUT2D eigenvalue weighted by atomic mass is 10.1. The molecule has 0 aromatic heterocycles. The van der Waals surface area contributed by atoms with E-state index in [2.05, 4.69) is 10.3 Å². The Kier molecular flexibility index (Phi) is 5.78. The minimum Gasteiger partial charge on any atom is -0.325 e. The maximum absolute atomic E-state index is 14.5. The van der Waals surface area contributed by atoms with Crippen LogP contribution in [0.2, 0.25) is 0 Å². The number of fused-ring (bicyclic) bond motifs is 1. The Balaban J connectivity index is 1.53. The molecule has 0 aliphatic carbocycles. The van der Waals surface area contributed by atoms with E-state index in [4.69, 9.17) is 0 Å². The molecular formula is C21H21F2N3O3S2. The highest BCUT2D eigenvalue weighted by Gasteiger charge is 2.47. The van der Waals surface area contributed by atoms with Crippen LogP contribution in [-0.2, 0) is 14.6 Å². The Labute approximate surface area is 183 Å². The first kappa shape index (κ1) is 21.8. The molecule has 2 atom stereocenters. The van der Waals surface area contributed by atoms with Crippen molar-refractivity contribution < 1.29 is 22.0 Å². The SMILES string of the molecule is Cc1ccc(NC(=O)CSC2=N[C@H]3CS(=O)(=O)C[C@H]3N2c2ccc(F)cc2F)c(C)c1. The largest absolute Gasteiger partial charge is 0.325 e. The first-order valence-corrected chi connectivity index (χ1v) is 12.5. The van der Waals surface area contributed by atoms with Gasteiger partial charge in [-0.1, -0.05) is 29.5 Å². The van der Waals surface area contributed by atoms with Crippen LogP contribution in [0.4, 0.5) is 20.2 Å². The Bertz CT molecular complexity index is 1180. The summed E-state index contributed by atoms with van der Waals surface area (Å²) < 4.78 is 52.1. The molecule has 0 spiro atoms. The fraction of sp³-hybridized carbons (Fsp3) is 0.333. The predicted molar refractivity (Wildman–Crippen MR) is 120 cm³/mol. The first-order valence-electron chi connectivity index (χ1n) is 9.65. The number of aryl methyl sites for hydroxylation is 2. The number of amidine groups is 1. The number of carbonyl (C=O) groups excluding carboxylic acids is 1. The van der Waals surface area contributed by atoms with Gasteiger partial charge in [0.15, 0.2) is 15.0 Å². The molecule has 0 bridgehead atoms. The number of benzene rings is 2. The van der Waals surface area contributed by atoms with Crippen molar-refractivity contribution in [2.75, 3.05) is 27.5 Å². The van der Waals surface area contributed by atoms with Crippen LogP contribution in [0, 0.1) is 25.5 Å². The van der Waals surface area contributed by atoms with E-state index in [1.807, 2.05) is 32.0 Å². The molecule has 6 nitrogen and oxygen atoms in total. The molecular weight excluding hydrogens is 444 g/mol. The van der Waals surface area contributed by atoms with Crippen LogP contribution in [-0.4, -0.2) is 48.8 Å². The molecule has 2 aromatic rings. The summed E-state index contributed by atoms with van der Waals surface area (Å²) in [4.78, 5) is 18.4. The highest BCUT2D eigenvalue weighted by atomic mass is 32.2. The molecule has 2 aliphatic heterocycles. The minimum atomic E-state index is -3.30. The molecule has 0 radical (unpaired) electrons. The zero-order chi connectivity index (χ0) is 22.3. The average Bonchev–Trinajstić information content (AvgIpc) is 3.14. The Hall–Kier alpha value is -2.46. The molecule has 1 N–H and O–H groups in total. The van der Waals surface area contributed by atoms with Crippen LogP contribution in [0.25, 0.3) is 0 Å². The van der Waals surface area contributed by atoms with Gasteiger partial charge in [-0.05, 0) is 37.6 Å². The smallest absolute Gasteiger partial charge is 0.234 e. The zero-order valence-electron chi connectivity index (χ0n) is 16.9. The van der Waals surface area contributed by atoms with Crippen LogP contribution in [0.5, 0.6) is 0 Å². The number of rotatable bonds is 4. The molecule has 10 heteroatoms. The molecule has 0 saturated carbocycles. The van der Waals surface area contributed by atoms with E-state index in [-0.39, 0.29) is 28.9 Å². The predicted octanol–water partition coefficient (Wildman–Crippen LogP) is 3.30. The summed E-state index contributed by atoms with van der Waals surface area (Å²) in [6.07, 6.45) is 0. The van der Waals surface area contributed by atoms with E-state index >= 15 is 0 Å². The van der Waals surface area contributed by atoms with E-state index in [9.17, 15) is 22.0 Å². The van der Waals surface area contributed by atoms with Gasteiger partial charge in [0.2, 0.25) is 5.91 Å². The minimum absolute atomic E-state index is 0.0116. The molecule has 1 fully saturated rings. The third-order valence-corrected chi connectivity index (χ3v) is 7.93. The van der Waals surface area contributed by atoms with E-state index < -0.39 is 33.6 Å². The Morgan fingerprint density at radius 3 is 2.68 bits per heavy atom. The van der Waals surface area contributed by atoms with E-state index in [0.717, 1.165) is 35.0 Å². The quantitative estimate of drug-likeness (QED) is 0.750. The first-order chi connectivity index (χ1) is 14.6. The van der Waals surface area contributed by atoms with Crippen LogP contribution in [0.15, 0.2) is 41.4 Å². The number of hydrogen-bond acceptors (Lipinski definition) is 6. The fourth-order valence-electron chi connectivity index (χ4n) is 3.86. The second kappa shape index (κ2) is 8.23. The van der Waals surface area contributed by atoms with Gasteiger partial charge in [0.1, 0.15) is 11.6 Å². The number of halogens is 2.